The minimum atomic E-state index is -1.69. The zero-order valence-electron chi connectivity index (χ0n) is 19.9. The van der Waals surface area contributed by atoms with Gasteiger partial charge in [0.1, 0.15) is 11.5 Å². The van der Waals surface area contributed by atoms with Crippen LogP contribution < -0.4 is 4.74 Å². The lowest BCUT2D eigenvalue weighted by Gasteiger charge is -2.45. The molecule has 3 aromatic carbocycles. The van der Waals surface area contributed by atoms with Crippen molar-refractivity contribution in [3.8, 4) is 11.5 Å². The van der Waals surface area contributed by atoms with Gasteiger partial charge in [0, 0.05) is 18.1 Å². The Morgan fingerprint density at radius 1 is 0.658 bits per heavy atom. The van der Waals surface area contributed by atoms with Crippen LogP contribution in [0, 0.1) is 23.7 Å². The highest BCUT2D eigenvalue weighted by molar-refractivity contribution is 6.30. The molecule has 2 unspecified atom stereocenters. The summed E-state index contributed by atoms with van der Waals surface area (Å²) in [6, 6.07) is 22.7. The van der Waals surface area contributed by atoms with Crippen LogP contribution >= 0.6 is 11.6 Å². The molecule has 0 heterocycles. The summed E-state index contributed by atoms with van der Waals surface area (Å²) in [5, 5.41) is 29.3. The van der Waals surface area contributed by atoms with E-state index in [0.717, 1.165) is 5.56 Å². The van der Waals surface area contributed by atoms with Crippen LogP contribution in [0.4, 0.5) is 0 Å². The van der Waals surface area contributed by atoms with E-state index in [0.29, 0.717) is 22.1 Å². The lowest BCUT2D eigenvalue weighted by atomic mass is 9.56. The van der Waals surface area contributed by atoms with Crippen molar-refractivity contribution in [2.24, 2.45) is 23.7 Å². The fourth-order valence-electron chi connectivity index (χ4n) is 4.75. The summed E-state index contributed by atoms with van der Waals surface area (Å²) in [7, 11) is 0. The molecule has 10 heteroatoms. The Labute approximate surface area is 222 Å². The number of ether oxygens (including phenoxy) is 1. The quantitative estimate of drug-likeness (QED) is 0.345. The maximum Gasteiger partial charge on any atom is 0.308 e. The number of hydrogen-bond acceptors (Lipinski definition) is 5. The maximum absolute atomic E-state index is 13.6. The van der Waals surface area contributed by atoms with E-state index in [9.17, 15) is 34.5 Å². The number of amides is 1. The molecule has 38 heavy (non-hydrogen) atoms. The van der Waals surface area contributed by atoms with Gasteiger partial charge in [-0.3, -0.25) is 19.2 Å². The molecule has 1 aliphatic carbocycles. The number of hydrogen-bond donors (Lipinski definition) is 3. The van der Waals surface area contributed by atoms with E-state index in [1.807, 2.05) is 0 Å². The zero-order chi connectivity index (χ0) is 27.4. The summed E-state index contributed by atoms with van der Waals surface area (Å²) in [6.07, 6.45) is 0. The molecule has 1 fully saturated rings. The summed E-state index contributed by atoms with van der Waals surface area (Å²) in [5.74, 6) is -10.8. The van der Waals surface area contributed by atoms with Crippen molar-refractivity contribution < 1.29 is 39.2 Å². The summed E-state index contributed by atoms with van der Waals surface area (Å²) >= 11 is 5.99. The molecule has 196 valence electrons. The van der Waals surface area contributed by atoms with Crippen LogP contribution in [0.25, 0.3) is 0 Å². The van der Waals surface area contributed by atoms with Crippen molar-refractivity contribution >= 4 is 35.4 Å². The fraction of sp³-hybridized carbons (Fsp3) is 0.214. The van der Waals surface area contributed by atoms with Gasteiger partial charge in [-0.1, -0.05) is 60.1 Å². The molecule has 1 amide bonds. The smallest absolute Gasteiger partial charge is 0.308 e. The molecule has 1 aliphatic rings. The molecule has 9 nitrogen and oxygen atoms in total. The topological polar surface area (TPSA) is 141 Å². The van der Waals surface area contributed by atoms with Gasteiger partial charge in [-0.2, -0.15) is 0 Å². The third-order valence-corrected chi connectivity index (χ3v) is 6.78. The number of carboxylic acids is 3. The molecule has 2 atom stereocenters. The van der Waals surface area contributed by atoms with E-state index in [2.05, 4.69) is 0 Å². The monoisotopic (exact) mass is 537 g/mol. The molecule has 4 rings (SSSR count). The zero-order valence-corrected chi connectivity index (χ0v) is 20.7. The van der Waals surface area contributed by atoms with Gasteiger partial charge < -0.3 is 25.0 Å². The standard InChI is InChI=1S/C28H24ClNO8/c29-18-7-4-8-20(13-18)38-19-11-9-17(10-12-19)15-30(14-16-5-2-1-3-6-16)25(31)21-22(26(32)33)24(28(36)37)23(21)27(34)35/h1-13,21-24H,14-15H2,(H,32,33)(H,34,35)(H,36,37). The Hall–Kier alpha value is -4.37. The van der Waals surface area contributed by atoms with E-state index in [1.54, 1.807) is 78.9 Å². The van der Waals surface area contributed by atoms with Crippen molar-refractivity contribution in [1.82, 2.24) is 4.90 Å². The summed E-state index contributed by atoms with van der Waals surface area (Å²) in [4.78, 5) is 50.4. The average Bonchev–Trinajstić information content (AvgIpc) is 2.84. The molecule has 3 aromatic rings. The first kappa shape index (κ1) is 26.7. The van der Waals surface area contributed by atoms with Gasteiger partial charge in [0.05, 0.1) is 23.7 Å². The molecule has 0 spiro atoms. The molecule has 0 aliphatic heterocycles. The van der Waals surface area contributed by atoms with E-state index < -0.39 is 47.5 Å². The highest BCUT2D eigenvalue weighted by Gasteiger charge is 2.64. The normalized spacial score (nSPS) is 20.1. The molecule has 0 saturated heterocycles. The SMILES string of the molecule is O=C(O)C1C(C(=O)O)C(C(=O)N(Cc2ccccc2)Cc2ccc(Oc3cccc(Cl)c3)cc2)C1C(=O)O. The van der Waals surface area contributed by atoms with Gasteiger partial charge in [0.25, 0.3) is 0 Å². The molecule has 0 radical (unpaired) electrons. The summed E-state index contributed by atoms with van der Waals surface area (Å²) < 4.78 is 5.79. The van der Waals surface area contributed by atoms with E-state index in [-0.39, 0.29) is 13.1 Å². The Kier molecular flexibility index (Phi) is 7.97. The van der Waals surface area contributed by atoms with Crippen LogP contribution in [-0.2, 0) is 32.3 Å². The first-order valence-corrected chi connectivity index (χ1v) is 12.1. The summed E-state index contributed by atoms with van der Waals surface area (Å²) in [6.45, 7) is 0.117. The van der Waals surface area contributed by atoms with Crippen LogP contribution in [0.5, 0.6) is 11.5 Å². The maximum atomic E-state index is 13.6. The van der Waals surface area contributed by atoms with Gasteiger partial charge in [-0.15, -0.1) is 0 Å². The Morgan fingerprint density at radius 3 is 1.71 bits per heavy atom. The Bertz CT molecular complexity index is 1320. The van der Waals surface area contributed by atoms with Gasteiger partial charge in [0.2, 0.25) is 5.91 Å². The highest BCUT2D eigenvalue weighted by atomic mass is 35.5. The second-order valence-electron chi connectivity index (χ2n) is 9.00. The van der Waals surface area contributed by atoms with Gasteiger partial charge in [0.15, 0.2) is 0 Å². The van der Waals surface area contributed by atoms with Crippen molar-refractivity contribution in [3.63, 3.8) is 0 Å². The van der Waals surface area contributed by atoms with Crippen molar-refractivity contribution in [3.05, 3.63) is 95.0 Å². The number of rotatable bonds is 10. The highest BCUT2D eigenvalue weighted by Crippen LogP contribution is 2.48. The molecule has 0 bridgehead atoms. The predicted molar refractivity (Wildman–Crippen MR) is 136 cm³/mol. The average molecular weight is 538 g/mol. The third kappa shape index (κ3) is 5.78. The molecular formula is C28H24ClNO8. The molecular weight excluding hydrogens is 514 g/mol. The minimum Gasteiger partial charge on any atom is -0.481 e. The van der Waals surface area contributed by atoms with Crippen LogP contribution in [0.3, 0.4) is 0 Å². The Morgan fingerprint density at radius 2 is 1.18 bits per heavy atom. The van der Waals surface area contributed by atoms with Crippen molar-refractivity contribution in [2.45, 2.75) is 13.1 Å². The van der Waals surface area contributed by atoms with Gasteiger partial charge in [-0.25, -0.2) is 0 Å². The lowest BCUT2D eigenvalue weighted by molar-refractivity contribution is -0.190. The summed E-state index contributed by atoms with van der Waals surface area (Å²) in [5.41, 5.74) is 1.43. The van der Waals surface area contributed by atoms with E-state index in [1.165, 1.54) is 4.90 Å². The number of aliphatic carboxylic acids is 3. The van der Waals surface area contributed by atoms with Crippen LogP contribution in [0.1, 0.15) is 11.1 Å². The number of benzene rings is 3. The van der Waals surface area contributed by atoms with E-state index >= 15 is 0 Å². The van der Waals surface area contributed by atoms with Crippen LogP contribution in [-0.4, -0.2) is 44.0 Å². The number of halogens is 1. The first-order chi connectivity index (χ1) is 18.2. The third-order valence-electron chi connectivity index (χ3n) is 6.54. The lowest BCUT2D eigenvalue weighted by Crippen LogP contribution is -2.62. The molecule has 0 aromatic heterocycles. The Balaban J connectivity index is 1.59. The number of carbonyl (C=O) groups is 4. The number of nitrogens with zero attached hydrogens (tertiary/aromatic N) is 1. The second-order valence-corrected chi connectivity index (χ2v) is 9.44. The molecule has 1 saturated carbocycles. The fourth-order valence-corrected chi connectivity index (χ4v) is 4.93. The van der Waals surface area contributed by atoms with Crippen LogP contribution in [0.15, 0.2) is 78.9 Å². The molecule has 3 N–H and O–H groups in total. The largest absolute Gasteiger partial charge is 0.481 e. The van der Waals surface area contributed by atoms with Crippen molar-refractivity contribution in [2.75, 3.05) is 0 Å². The van der Waals surface area contributed by atoms with Gasteiger partial charge >= 0.3 is 17.9 Å². The second kappa shape index (κ2) is 11.4. The first-order valence-electron chi connectivity index (χ1n) is 11.7. The minimum absolute atomic E-state index is 0.0398. The number of carbonyl (C=O) groups excluding carboxylic acids is 1. The van der Waals surface area contributed by atoms with E-state index in [4.69, 9.17) is 16.3 Å². The van der Waals surface area contributed by atoms with Gasteiger partial charge in [-0.05, 0) is 41.5 Å². The number of carboxylic acid groups (broad SMARTS) is 3. The van der Waals surface area contributed by atoms with Crippen LogP contribution in [0.2, 0.25) is 5.02 Å². The van der Waals surface area contributed by atoms with Crippen molar-refractivity contribution in [1.29, 1.82) is 0 Å². The predicted octanol–water partition coefficient (Wildman–Crippen LogP) is 4.39.